The van der Waals surface area contributed by atoms with Crippen molar-refractivity contribution in [2.24, 2.45) is 0 Å². The van der Waals surface area contributed by atoms with Crippen LogP contribution >= 0.6 is 16.7 Å². The summed E-state index contributed by atoms with van der Waals surface area (Å²) in [7, 11) is -0.833. The van der Waals surface area contributed by atoms with Crippen LogP contribution < -0.4 is 0 Å². The molecule has 0 aromatic carbocycles. The number of morpholine rings is 2. The van der Waals surface area contributed by atoms with Crippen molar-refractivity contribution < 1.29 is 9.47 Å². The van der Waals surface area contributed by atoms with Gasteiger partial charge in [-0.3, -0.25) is 9.34 Å². The highest BCUT2D eigenvalue weighted by molar-refractivity contribution is 7.80. The first-order valence-electron chi connectivity index (χ1n) is 9.07. The molecule has 8 heteroatoms. The van der Waals surface area contributed by atoms with Crippen molar-refractivity contribution in [1.82, 2.24) is 18.2 Å². The van der Waals surface area contributed by atoms with Crippen LogP contribution in [0.4, 0.5) is 0 Å². The van der Waals surface area contributed by atoms with Crippen LogP contribution in [-0.2, 0) is 9.47 Å². The minimum atomic E-state index is -0.417. The fourth-order valence-electron chi connectivity index (χ4n) is 3.29. The van der Waals surface area contributed by atoms with Crippen LogP contribution in [0.3, 0.4) is 0 Å². The Morgan fingerprint density at radius 3 is 1.12 bits per heavy atom. The molecule has 3 aliphatic rings. The Hall–Kier alpha value is 0.620. The van der Waals surface area contributed by atoms with Gasteiger partial charge >= 0.3 is 0 Å². The highest BCUT2D eigenvalue weighted by Gasteiger charge is 2.60. The third kappa shape index (κ3) is 3.82. The Labute approximate surface area is 150 Å². The number of hydrogen-bond acceptors (Lipinski definition) is 6. The SMILES string of the molecule is CC(C)(C)N1P(N2CCOCC2)N(C(C)(C)C)P1N1CCOCC1. The predicted molar refractivity (Wildman–Crippen MR) is 102 cm³/mol. The molecule has 0 aromatic rings. The van der Waals surface area contributed by atoms with Crippen LogP contribution in [0.15, 0.2) is 0 Å². The lowest BCUT2D eigenvalue weighted by molar-refractivity contribution is 0.0582. The highest BCUT2D eigenvalue weighted by Crippen LogP contribution is 2.83. The second-order valence-corrected chi connectivity index (χ2v) is 13.0. The average Bonchev–Trinajstić information content (AvgIpc) is 2.45. The zero-order valence-corrected chi connectivity index (χ0v) is 17.9. The van der Waals surface area contributed by atoms with Crippen molar-refractivity contribution >= 4 is 16.7 Å². The Morgan fingerprint density at radius 1 is 0.583 bits per heavy atom. The first kappa shape index (κ1) is 19.4. The Bertz CT molecular complexity index is 381. The molecule has 0 aliphatic carbocycles. The summed E-state index contributed by atoms with van der Waals surface area (Å²) in [5, 5.41) is 0. The number of ether oxygens (including phenoxy) is 2. The third-order valence-electron chi connectivity index (χ3n) is 4.36. The molecule has 6 nitrogen and oxygen atoms in total. The lowest BCUT2D eigenvalue weighted by Crippen LogP contribution is -2.61. The van der Waals surface area contributed by atoms with E-state index in [1.807, 2.05) is 0 Å². The molecule has 0 aromatic heterocycles. The van der Waals surface area contributed by atoms with Gasteiger partial charge in [0.15, 0.2) is 0 Å². The Kier molecular flexibility index (Phi) is 5.92. The molecule has 3 heterocycles. The van der Waals surface area contributed by atoms with Crippen LogP contribution in [0.2, 0.25) is 0 Å². The van der Waals surface area contributed by atoms with Gasteiger partial charge in [-0.2, -0.15) is 0 Å². The molecule has 0 amide bonds. The van der Waals surface area contributed by atoms with Crippen molar-refractivity contribution in [2.45, 2.75) is 52.6 Å². The van der Waals surface area contributed by atoms with E-state index in [9.17, 15) is 0 Å². The third-order valence-corrected chi connectivity index (χ3v) is 11.8. The zero-order chi connectivity index (χ0) is 17.5. The van der Waals surface area contributed by atoms with E-state index in [1.54, 1.807) is 0 Å². The maximum Gasteiger partial charge on any atom is 0.133 e. The zero-order valence-electron chi connectivity index (χ0n) is 16.2. The van der Waals surface area contributed by atoms with E-state index in [4.69, 9.17) is 9.47 Å². The fourth-order valence-corrected chi connectivity index (χ4v) is 10.7. The molecular weight excluding hydrogens is 342 g/mol. The molecule has 3 saturated heterocycles. The molecule has 0 spiro atoms. The first-order valence-corrected chi connectivity index (χ1v) is 11.5. The number of rotatable bonds is 2. The topological polar surface area (TPSA) is 31.4 Å². The van der Waals surface area contributed by atoms with Crippen LogP contribution in [0.1, 0.15) is 41.5 Å². The number of nitrogens with zero attached hydrogens (tertiary/aromatic N) is 4. The van der Waals surface area contributed by atoms with E-state index < -0.39 is 16.7 Å². The number of hydrogen-bond donors (Lipinski definition) is 0. The molecule has 0 N–H and O–H groups in total. The Balaban J connectivity index is 1.89. The summed E-state index contributed by atoms with van der Waals surface area (Å²) in [6.07, 6.45) is 0. The molecular formula is C16H34N4O2P2. The van der Waals surface area contributed by atoms with Gasteiger partial charge in [0.25, 0.3) is 0 Å². The molecule has 24 heavy (non-hydrogen) atoms. The van der Waals surface area contributed by atoms with Gasteiger partial charge in [-0.15, -0.1) is 0 Å². The lowest BCUT2D eigenvalue weighted by atomic mass is 10.1. The molecule has 3 aliphatic heterocycles. The van der Waals surface area contributed by atoms with E-state index in [0.29, 0.717) is 0 Å². The molecule has 0 saturated carbocycles. The molecule has 0 radical (unpaired) electrons. The quantitative estimate of drug-likeness (QED) is 0.688. The van der Waals surface area contributed by atoms with Gasteiger partial charge in [0.05, 0.1) is 26.4 Å². The van der Waals surface area contributed by atoms with Crippen LogP contribution in [0, 0.1) is 0 Å². The summed E-state index contributed by atoms with van der Waals surface area (Å²) in [5.41, 5.74) is 0.353. The predicted octanol–water partition coefficient (Wildman–Crippen LogP) is 3.32. The summed E-state index contributed by atoms with van der Waals surface area (Å²) in [4.78, 5) is 0. The molecule has 3 rings (SSSR count). The first-order chi connectivity index (χ1) is 11.2. The summed E-state index contributed by atoms with van der Waals surface area (Å²) < 4.78 is 22.2. The highest BCUT2D eigenvalue weighted by atomic mass is 31.3. The van der Waals surface area contributed by atoms with E-state index >= 15 is 0 Å². The van der Waals surface area contributed by atoms with E-state index in [0.717, 1.165) is 52.6 Å². The largest absolute Gasteiger partial charge is 0.379 e. The summed E-state index contributed by atoms with van der Waals surface area (Å²) in [5.74, 6) is 0. The van der Waals surface area contributed by atoms with E-state index in [1.165, 1.54) is 0 Å². The average molecular weight is 376 g/mol. The van der Waals surface area contributed by atoms with Gasteiger partial charge in [-0.05, 0) is 41.5 Å². The van der Waals surface area contributed by atoms with Crippen LogP contribution in [0.25, 0.3) is 0 Å². The second kappa shape index (κ2) is 7.32. The van der Waals surface area contributed by atoms with Gasteiger partial charge in [0.1, 0.15) is 16.7 Å². The smallest absolute Gasteiger partial charge is 0.133 e. The van der Waals surface area contributed by atoms with Crippen molar-refractivity contribution in [3.8, 4) is 0 Å². The van der Waals surface area contributed by atoms with Crippen molar-refractivity contribution in [1.29, 1.82) is 0 Å². The standard InChI is InChI=1S/C16H34N4O2P2/c1-15(2,3)19-23(17-7-11-21-12-8-17)20(16(4,5)6)24(19)18-9-13-22-14-10-18/h7-14H2,1-6H3. The summed E-state index contributed by atoms with van der Waals surface area (Å²) in [6.45, 7) is 21.9. The van der Waals surface area contributed by atoms with E-state index in [-0.39, 0.29) is 11.1 Å². The lowest BCUT2D eigenvalue weighted by Gasteiger charge is -2.69. The fraction of sp³-hybridized carbons (Fsp3) is 1.00. The molecule has 3 fully saturated rings. The minimum Gasteiger partial charge on any atom is -0.379 e. The van der Waals surface area contributed by atoms with Crippen LogP contribution in [0.5, 0.6) is 0 Å². The Morgan fingerprint density at radius 2 is 0.875 bits per heavy atom. The molecule has 0 atom stereocenters. The summed E-state index contributed by atoms with van der Waals surface area (Å²) in [6, 6.07) is 0. The van der Waals surface area contributed by atoms with Gasteiger partial charge in [0.2, 0.25) is 0 Å². The summed E-state index contributed by atoms with van der Waals surface area (Å²) >= 11 is 0. The van der Waals surface area contributed by atoms with Gasteiger partial charge in [-0.25, -0.2) is 8.88 Å². The molecule has 140 valence electrons. The van der Waals surface area contributed by atoms with Crippen LogP contribution in [-0.4, -0.2) is 81.9 Å². The van der Waals surface area contributed by atoms with Gasteiger partial charge in [-0.1, -0.05) is 0 Å². The van der Waals surface area contributed by atoms with E-state index in [2.05, 4.69) is 59.8 Å². The maximum absolute atomic E-state index is 5.61. The van der Waals surface area contributed by atoms with Crippen molar-refractivity contribution in [3.05, 3.63) is 0 Å². The second-order valence-electron chi connectivity index (χ2n) is 8.59. The normalized spacial score (nSPS) is 32.8. The van der Waals surface area contributed by atoms with Gasteiger partial charge < -0.3 is 9.47 Å². The molecule has 0 unspecified atom stereocenters. The van der Waals surface area contributed by atoms with Crippen molar-refractivity contribution in [2.75, 3.05) is 52.6 Å². The maximum atomic E-state index is 5.61. The molecule has 0 bridgehead atoms. The minimum absolute atomic E-state index is 0.176. The van der Waals surface area contributed by atoms with Crippen molar-refractivity contribution in [3.63, 3.8) is 0 Å². The monoisotopic (exact) mass is 376 g/mol. The van der Waals surface area contributed by atoms with Gasteiger partial charge in [0, 0.05) is 37.3 Å².